The van der Waals surface area contributed by atoms with E-state index in [2.05, 4.69) is 76.3 Å². The molecule has 0 bridgehead atoms. The lowest BCUT2D eigenvalue weighted by Gasteiger charge is -2.15. The van der Waals surface area contributed by atoms with Crippen LogP contribution in [0, 0.1) is 0 Å². The van der Waals surface area contributed by atoms with Crippen LogP contribution in [-0.4, -0.2) is 11.2 Å². The number of rotatable bonds is 0. The summed E-state index contributed by atoms with van der Waals surface area (Å²) < 4.78 is 0.356. The normalized spacial score (nSPS) is 19.1. The third-order valence-electron chi connectivity index (χ3n) is 2.86. The van der Waals surface area contributed by atoms with Gasteiger partial charge in [-0.2, -0.15) is 0 Å². The average Bonchev–Trinajstić information content (AvgIpc) is 2.52. The molecule has 0 aromatic heterocycles. The molecule has 0 spiro atoms. The number of benzene rings is 2. The summed E-state index contributed by atoms with van der Waals surface area (Å²) in [6.45, 7) is 0. The molecule has 0 saturated heterocycles. The van der Waals surface area contributed by atoms with E-state index in [4.69, 9.17) is 0 Å². The van der Waals surface area contributed by atoms with Gasteiger partial charge in [0.2, 0.25) is 0 Å². The molecule has 0 fully saturated rings. The van der Waals surface area contributed by atoms with Crippen molar-refractivity contribution in [3.63, 3.8) is 0 Å². The summed E-state index contributed by atoms with van der Waals surface area (Å²) in [5.74, 6) is 0. The Morgan fingerprint density at radius 3 is 2.60 bits per heavy atom. The monoisotopic (exact) mass is 310 g/mol. The quantitative estimate of drug-likeness (QED) is 0.456. The van der Waals surface area contributed by atoms with Gasteiger partial charge in [0.05, 0.1) is 11.4 Å². The van der Waals surface area contributed by atoms with Crippen LogP contribution < -0.4 is 10.2 Å². The van der Waals surface area contributed by atoms with E-state index in [0.29, 0.717) is 4.17 Å². The zero-order chi connectivity index (χ0) is 10.4. The molecule has 2 nitrogen and oxygen atoms in total. The van der Waals surface area contributed by atoms with Crippen molar-refractivity contribution >= 4 is 44.7 Å². The summed E-state index contributed by atoms with van der Waals surface area (Å²) in [5, 5.41) is 6.05. The first-order valence-corrected chi connectivity index (χ1v) is 6.16. The van der Waals surface area contributed by atoms with E-state index >= 15 is 0 Å². The van der Waals surface area contributed by atoms with E-state index in [1.165, 1.54) is 22.1 Å². The van der Waals surface area contributed by atoms with Gasteiger partial charge in [-0.15, -0.1) is 0 Å². The standard InChI is InChI=1S/C12H11IN2/c1-15-11-7-9-5-3-2-4-8(9)6-10(11)14-12(15)13/h2-7,12,14H,1H3. The van der Waals surface area contributed by atoms with Crippen LogP contribution in [0.2, 0.25) is 0 Å². The van der Waals surface area contributed by atoms with E-state index in [1.807, 2.05) is 0 Å². The summed E-state index contributed by atoms with van der Waals surface area (Å²) in [6.07, 6.45) is 0. The largest absolute Gasteiger partial charge is 0.355 e. The van der Waals surface area contributed by atoms with Crippen LogP contribution in [0.15, 0.2) is 36.4 Å². The highest BCUT2D eigenvalue weighted by Gasteiger charge is 2.23. The number of alkyl halides is 1. The molecule has 1 unspecified atom stereocenters. The van der Waals surface area contributed by atoms with Crippen LogP contribution in [0.4, 0.5) is 11.4 Å². The zero-order valence-electron chi connectivity index (χ0n) is 8.37. The number of fused-ring (bicyclic) bond motifs is 2. The average molecular weight is 310 g/mol. The molecule has 0 radical (unpaired) electrons. The van der Waals surface area contributed by atoms with Crippen molar-refractivity contribution in [2.75, 3.05) is 17.3 Å². The highest BCUT2D eigenvalue weighted by Crippen LogP contribution is 2.38. The van der Waals surface area contributed by atoms with E-state index in [9.17, 15) is 0 Å². The minimum absolute atomic E-state index is 0.356. The fourth-order valence-electron chi connectivity index (χ4n) is 1.98. The Balaban J connectivity index is 2.27. The van der Waals surface area contributed by atoms with Gasteiger partial charge in [0.1, 0.15) is 0 Å². The smallest absolute Gasteiger partial charge is 0.152 e. The van der Waals surface area contributed by atoms with Crippen LogP contribution in [-0.2, 0) is 0 Å². The Hall–Kier alpha value is -0.970. The molecule has 1 aliphatic heterocycles. The third kappa shape index (κ3) is 1.37. The lowest BCUT2D eigenvalue weighted by atomic mass is 10.1. The van der Waals surface area contributed by atoms with Gasteiger partial charge in [-0.05, 0) is 45.5 Å². The zero-order valence-corrected chi connectivity index (χ0v) is 10.5. The Labute approximate surface area is 102 Å². The van der Waals surface area contributed by atoms with Crippen molar-refractivity contribution in [1.82, 2.24) is 0 Å². The van der Waals surface area contributed by atoms with Gasteiger partial charge in [-0.1, -0.05) is 24.3 Å². The summed E-state index contributed by atoms with van der Waals surface area (Å²) in [5.41, 5.74) is 2.52. The number of hydrogen-bond acceptors (Lipinski definition) is 2. The maximum atomic E-state index is 3.45. The summed E-state index contributed by atoms with van der Waals surface area (Å²) in [7, 11) is 2.12. The minimum atomic E-state index is 0.356. The summed E-state index contributed by atoms with van der Waals surface area (Å²) in [6, 6.07) is 12.9. The highest BCUT2D eigenvalue weighted by atomic mass is 127. The Bertz CT molecular complexity index is 524. The molecule has 3 rings (SSSR count). The van der Waals surface area contributed by atoms with Crippen molar-refractivity contribution in [2.45, 2.75) is 4.17 Å². The first kappa shape index (κ1) is 9.27. The molecule has 1 aliphatic rings. The molecule has 0 aliphatic carbocycles. The van der Waals surface area contributed by atoms with Crippen LogP contribution in [0.3, 0.4) is 0 Å². The highest BCUT2D eigenvalue weighted by molar-refractivity contribution is 14.1. The second kappa shape index (κ2) is 3.27. The second-order valence-corrected chi connectivity index (χ2v) is 4.99. The van der Waals surface area contributed by atoms with Gasteiger partial charge < -0.3 is 10.2 Å². The van der Waals surface area contributed by atoms with Crippen LogP contribution >= 0.6 is 22.6 Å². The van der Waals surface area contributed by atoms with Crippen molar-refractivity contribution < 1.29 is 0 Å². The van der Waals surface area contributed by atoms with Gasteiger partial charge in [0.25, 0.3) is 0 Å². The van der Waals surface area contributed by atoms with Crippen molar-refractivity contribution in [2.24, 2.45) is 0 Å². The fraction of sp³-hybridized carbons (Fsp3) is 0.167. The first-order valence-electron chi connectivity index (χ1n) is 4.92. The summed E-state index contributed by atoms with van der Waals surface area (Å²) in [4.78, 5) is 2.25. The molecule has 1 N–H and O–H groups in total. The predicted octanol–water partition coefficient (Wildman–Crippen LogP) is 3.42. The van der Waals surface area contributed by atoms with Gasteiger partial charge in [-0.3, -0.25) is 0 Å². The van der Waals surface area contributed by atoms with Crippen LogP contribution in [0.5, 0.6) is 0 Å². The molecule has 15 heavy (non-hydrogen) atoms. The third-order valence-corrected chi connectivity index (χ3v) is 4.01. The minimum Gasteiger partial charge on any atom is -0.355 e. The molecule has 1 heterocycles. The van der Waals surface area contributed by atoms with Gasteiger partial charge >= 0.3 is 0 Å². The van der Waals surface area contributed by atoms with Gasteiger partial charge in [0, 0.05) is 7.05 Å². The SMILES string of the molecule is CN1c2cc3ccccc3cc2NC1I. The van der Waals surface area contributed by atoms with E-state index in [1.54, 1.807) is 0 Å². The molecule has 2 aromatic rings. The molecule has 2 aromatic carbocycles. The van der Waals surface area contributed by atoms with E-state index in [0.717, 1.165) is 0 Å². The molecule has 76 valence electrons. The first-order chi connectivity index (χ1) is 7.25. The molecule has 0 amide bonds. The van der Waals surface area contributed by atoms with E-state index in [-0.39, 0.29) is 0 Å². The van der Waals surface area contributed by atoms with Gasteiger partial charge in [-0.25, -0.2) is 0 Å². The van der Waals surface area contributed by atoms with Crippen LogP contribution in [0.25, 0.3) is 10.8 Å². The lowest BCUT2D eigenvalue weighted by Crippen LogP contribution is -2.25. The Kier molecular flexibility index (Phi) is 2.02. The molecule has 0 saturated carbocycles. The van der Waals surface area contributed by atoms with Crippen molar-refractivity contribution in [1.29, 1.82) is 0 Å². The fourth-order valence-corrected chi connectivity index (χ4v) is 2.62. The van der Waals surface area contributed by atoms with Crippen molar-refractivity contribution in [3.8, 4) is 0 Å². The maximum absolute atomic E-state index is 3.45. The Morgan fingerprint density at radius 2 is 1.87 bits per heavy atom. The number of anilines is 2. The summed E-state index contributed by atoms with van der Waals surface area (Å²) >= 11 is 2.40. The molecule has 1 atom stereocenters. The molecular weight excluding hydrogens is 299 g/mol. The van der Waals surface area contributed by atoms with Gasteiger partial charge in [0.15, 0.2) is 4.17 Å². The van der Waals surface area contributed by atoms with Crippen LogP contribution in [0.1, 0.15) is 0 Å². The number of nitrogens with zero attached hydrogens (tertiary/aromatic N) is 1. The topological polar surface area (TPSA) is 15.3 Å². The molecule has 3 heteroatoms. The number of hydrogen-bond donors (Lipinski definition) is 1. The lowest BCUT2D eigenvalue weighted by molar-refractivity contribution is 1.00. The second-order valence-electron chi connectivity index (χ2n) is 3.81. The van der Waals surface area contributed by atoms with Crippen molar-refractivity contribution in [3.05, 3.63) is 36.4 Å². The molecular formula is C12H11IN2. The van der Waals surface area contributed by atoms with E-state index < -0.39 is 0 Å². The number of nitrogens with one attached hydrogen (secondary N) is 1. The predicted molar refractivity (Wildman–Crippen MR) is 73.8 cm³/mol. The number of halogens is 1. The maximum Gasteiger partial charge on any atom is 0.152 e. The Morgan fingerprint density at radius 1 is 1.20 bits per heavy atom.